The van der Waals surface area contributed by atoms with Crippen molar-refractivity contribution in [1.82, 2.24) is 0 Å². The van der Waals surface area contributed by atoms with E-state index < -0.39 is 5.97 Å². The molecule has 0 amide bonds. The Kier molecular flexibility index (Phi) is 1.51. The first kappa shape index (κ1) is 7.84. The predicted molar refractivity (Wildman–Crippen MR) is 34.3 cm³/mol. The molecule has 65 valence electrons. The molecule has 0 heterocycles. The van der Waals surface area contributed by atoms with Gasteiger partial charge in [-0.15, -0.1) is 0 Å². The number of hydrogen-bond acceptors (Lipinski definition) is 1. The fourth-order valence-electron chi connectivity index (χ4n) is 3.44. The molecule has 4 saturated carbocycles. The molecular weight excluding hydrogens is 236 g/mol. The van der Waals surface area contributed by atoms with Crippen molar-refractivity contribution in [1.29, 1.82) is 0 Å². The molecule has 1 N–H and O–H groups in total. The van der Waals surface area contributed by atoms with Gasteiger partial charge in [0.15, 0.2) is 0 Å². The predicted octanol–water partition coefficient (Wildman–Crippen LogP) is 0.971. The van der Waals surface area contributed by atoms with Gasteiger partial charge in [0.2, 0.25) is 0 Å². The fraction of sp³-hybridized carbons (Fsp3) is 0.875. The first-order chi connectivity index (χ1) is 4.79. The van der Waals surface area contributed by atoms with E-state index in [2.05, 4.69) is 0 Å². The molecule has 11 heavy (non-hydrogen) atoms. The van der Waals surface area contributed by atoms with E-state index in [1.807, 2.05) is 0 Å². The summed E-state index contributed by atoms with van der Waals surface area (Å²) in [5, 5.41) is 8.81. The summed E-state index contributed by atoms with van der Waals surface area (Å²) in [7, 11) is 0. The van der Waals surface area contributed by atoms with Gasteiger partial charge < -0.3 is 5.11 Å². The van der Waals surface area contributed by atoms with Crippen molar-refractivity contribution in [2.45, 2.75) is 12.8 Å². The molecule has 4 fully saturated rings. The number of hydrogen-bond donors (Lipinski definition) is 1. The van der Waals surface area contributed by atoms with Gasteiger partial charge in [-0.3, -0.25) is 4.79 Å². The molecule has 0 aromatic heterocycles. The van der Waals surface area contributed by atoms with Crippen molar-refractivity contribution >= 4 is 5.97 Å². The standard InChI is InChI=1S/C8H10O2.Ag/c9-8(10)6-3-1-4-5(2-3)7(4)6;/h3-7H,1-2H2,(H,9,10);. The summed E-state index contributed by atoms with van der Waals surface area (Å²) < 4.78 is 0. The van der Waals surface area contributed by atoms with Crippen LogP contribution in [0, 0.1) is 29.6 Å². The van der Waals surface area contributed by atoms with Crippen LogP contribution in [0.25, 0.3) is 0 Å². The molecule has 3 unspecified atom stereocenters. The summed E-state index contributed by atoms with van der Waals surface area (Å²) in [5.74, 6) is 2.39. The minimum atomic E-state index is -0.530. The average molecular weight is 246 g/mol. The molecule has 0 spiro atoms. The smallest absolute Gasteiger partial charge is 0.307 e. The number of carboxylic acids is 1. The minimum Gasteiger partial charge on any atom is -0.481 e. The Morgan fingerprint density at radius 3 is 2.00 bits per heavy atom. The van der Waals surface area contributed by atoms with E-state index in [1.54, 1.807) is 0 Å². The van der Waals surface area contributed by atoms with Crippen LogP contribution in [0.15, 0.2) is 0 Å². The third kappa shape index (κ3) is 0.754. The van der Waals surface area contributed by atoms with E-state index in [9.17, 15) is 4.79 Å². The van der Waals surface area contributed by atoms with Crippen LogP contribution in [0.5, 0.6) is 0 Å². The fourth-order valence-corrected chi connectivity index (χ4v) is 3.44. The summed E-state index contributed by atoms with van der Waals surface area (Å²) in [4.78, 5) is 10.7. The van der Waals surface area contributed by atoms with E-state index in [0.717, 1.165) is 11.8 Å². The van der Waals surface area contributed by atoms with Crippen molar-refractivity contribution in [3.8, 4) is 0 Å². The van der Waals surface area contributed by atoms with Gasteiger partial charge in [0.25, 0.3) is 0 Å². The van der Waals surface area contributed by atoms with E-state index in [4.69, 9.17) is 5.11 Å². The summed E-state index contributed by atoms with van der Waals surface area (Å²) in [5.41, 5.74) is 0. The van der Waals surface area contributed by atoms with Crippen LogP contribution in [-0.4, -0.2) is 11.1 Å². The Hall–Kier alpha value is 0.210. The number of carbonyl (C=O) groups is 1. The Morgan fingerprint density at radius 1 is 1.27 bits per heavy atom. The molecule has 0 aromatic carbocycles. The number of aliphatic carboxylic acids is 1. The Labute approximate surface area is 80.9 Å². The number of rotatable bonds is 1. The maximum Gasteiger partial charge on any atom is 0.307 e. The zero-order chi connectivity index (χ0) is 6.88. The van der Waals surface area contributed by atoms with Gasteiger partial charge in [-0.1, -0.05) is 0 Å². The topological polar surface area (TPSA) is 37.3 Å². The molecule has 4 rings (SSSR count). The van der Waals surface area contributed by atoms with Crippen molar-refractivity contribution in [2.75, 3.05) is 0 Å². The van der Waals surface area contributed by atoms with Crippen LogP contribution in [0.3, 0.4) is 0 Å². The van der Waals surface area contributed by atoms with E-state index in [-0.39, 0.29) is 28.3 Å². The Bertz CT molecular complexity index is 202. The van der Waals surface area contributed by atoms with Crippen molar-refractivity contribution in [2.24, 2.45) is 29.6 Å². The van der Waals surface area contributed by atoms with Crippen LogP contribution >= 0.6 is 0 Å². The molecule has 4 bridgehead atoms. The molecule has 2 nitrogen and oxygen atoms in total. The summed E-state index contributed by atoms with van der Waals surface area (Å²) >= 11 is 0. The normalized spacial score (nSPS) is 55.5. The second kappa shape index (κ2) is 2.12. The van der Waals surface area contributed by atoms with Crippen molar-refractivity contribution in [3.63, 3.8) is 0 Å². The molecule has 3 atom stereocenters. The maximum absolute atomic E-state index is 10.7. The third-order valence-electron chi connectivity index (χ3n) is 3.76. The van der Waals surface area contributed by atoms with Gasteiger partial charge in [0.05, 0.1) is 5.92 Å². The van der Waals surface area contributed by atoms with E-state index in [1.165, 1.54) is 12.8 Å². The first-order valence-electron chi connectivity index (χ1n) is 4.02. The second-order valence-corrected chi connectivity index (χ2v) is 4.00. The van der Waals surface area contributed by atoms with Crippen LogP contribution in [-0.2, 0) is 27.2 Å². The van der Waals surface area contributed by atoms with Crippen molar-refractivity contribution < 1.29 is 32.3 Å². The van der Waals surface area contributed by atoms with Crippen LogP contribution in [0.4, 0.5) is 0 Å². The molecule has 0 aromatic rings. The van der Waals surface area contributed by atoms with Gasteiger partial charge in [0, 0.05) is 22.4 Å². The van der Waals surface area contributed by atoms with Gasteiger partial charge in [-0.25, -0.2) is 0 Å². The monoisotopic (exact) mass is 245 g/mol. The molecule has 0 saturated heterocycles. The Morgan fingerprint density at radius 2 is 1.82 bits per heavy atom. The minimum absolute atomic E-state index is 0. The quantitative estimate of drug-likeness (QED) is 0.700. The van der Waals surface area contributed by atoms with Gasteiger partial charge in [-0.05, 0) is 36.5 Å². The van der Waals surface area contributed by atoms with Crippen LogP contribution < -0.4 is 0 Å². The van der Waals surface area contributed by atoms with Gasteiger partial charge in [-0.2, -0.15) is 0 Å². The van der Waals surface area contributed by atoms with Gasteiger partial charge in [0.1, 0.15) is 0 Å². The molecule has 3 heteroatoms. The van der Waals surface area contributed by atoms with Crippen molar-refractivity contribution in [3.05, 3.63) is 0 Å². The summed E-state index contributed by atoms with van der Waals surface area (Å²) in [6, 6.07) is 0. The number of carboxylic acid groups (broad SMARTS) is 1. The zero-order valence-electron chi connectivity index (χ0n) is 5.96. The summed E-state index contributed by atoms with van der Waals surface area (Å²) in [6.07, 6.45) is 2.46. The Balaban J connectivity index is 0.000000480. The van der Waals surface area contributed by atoms with E-state index >= 15 is 0 Å². The molecular formula is C8H10AgO2. The second-order valence-electron chi connectivity index (χ2n) is 4.00. The van der Waals surface area contributed by atoms with E-state index in [0.29, 0.717) is 11.8 Å². The molecule has 1 radical (unpaired) electrons. The van der Waals surface area contributed by atoms with Gasteiger partial charge >= 0.3 is 5.97 Å². The third-order valence-corrected chi connectivity index (χ3v) is 3.76. The molecule has 4 aliphatic rings. The molecule has 4 aliphatic carbocycles. The first-order valence-corrected chi connectivity index (χ1v) is 4.02. The van der Waals surface area contributed by atoms with Crippen LogP contribution in [0.2, 0.25) is 0 Å². The maximum atomic E-state index is 10.7. The average Bonchev–Trinajstić information content (AvgIpc) is 2.38. The SMILES string of the molecule is O=C(O)C1C2CC3C(C2)C31.[Ag]. The largest absolute Gasteiger partial charge is 0.481 e. The zero-order valence-corrected chi connectivity index (χ0v) is 7.44. The summed E-state index contributed by atoms with van der Waals surface area (Å²) in [6.45, 7) is 0. The van der Waals surface area contributed by atoms with Crippen LogP contribution in [0.1, 0.15) is 12.8 Å². The molecule has 0 aliphatic heterocycles.